The van der Waals surface area contributed by atoms with E-state index in [0.29, 0.717) is 13.0 Å². The minimum absolute atomic E-state index is 0.0975. The summed E-state index contributed by atoms with van der Waals surface area (Å²) in [6.45, 7) is 2.23. The number of rotatable bonds is 7. The lowest BCUT2D eigenvalue weighted by Gasteiger charge is -2.12. The van der Waals surface area contributed by atoms with Gasteiger partial charge < -0.3 is 19.9 Å². The molecule has 1 amide bonds. The minimum Gasteiger partial charge on any atom is -0.467 e. The Hall–Kier alpha value is -1.14. The number of carbonyl (C=O) groups excluding carboxylic acids is 2. The van der Waals surface area contributed by atoms with Gasteiger partial charge in [0.25, 0.3) is 0 Å². The van der Waals surface area contributed by atoms with E-state index >= 15 is 0 Å². The molecule has 2 unspecified atom stereocenters. The number of methoxy groups -OCH3 is 2. The fraction of sp³-hybridized carbons (Fsp3) is 0.800. The molecule has 0 heterocycles. The van der Waals surface area contributed by atoms with Gasteiger partial charge in [-0.1, -0.05) is 6.92 Å². The molecule has 0 aliphatic heterocycles. The van der Waals surface area contributed by atoms with Crippen molar-refractivity contribution in [2.75, 3.05) is 27.4 Å². The van der Waals surface area contributed by atoms with Crippen molar-refractivity contribution in [1.29, 1.82) is 0 Å². The summed E-state index contributed by atoms with van der Waals surface area (Å²) in [5, 5.41) is 11.6. The van der Waals surface area contributed by atoms with Crippen molar-refractivity contribution in [3.05, 3.63) is 0 Å². The van der Waals surface area contributed by atoms with Gasteiger partial charge in [0.15, 0.2) is 6.10 Å². The lowest BCUT2D eigenvalue weighted by atomic mass is 10.1. The summed E-state index contributed by atoms with van der Waals surface area (Å²) >= 11 is 0. The predicted octanol–water partition coefficient (Wildman–Crippen LogP) is -0.691. The molecule has 0 rings (SSSR count). The van der Waals surface area contributed by atoms with E-state index in [4.69, 9.17) is 4.74 Å². The maximum absolute atomic E-state index is 11.3. The van der Waals surface area contributed by atoms with Crippen LogP contribution in [0.3, 0.4) is 0 Å². The highest BCUT2D eigenvalue weighted by Gasteiger charge is 2.16. The molecular weight excluding hydrogens is 214 g/mol. The Labute approximate surface area is 94.9 Å². The van der Waals surface area contributed by atoms with Crippen LogP contribution in [0.5, 0.6) is 0 Å². The summed E-state index contributed by atoms with van der Waals surface area (Å²) in [7, 11) is 2.74. The van der Waals surface area contributed by atoms with Crippen molar-refractivity contribution >= 4 is 11.9 Å². The largest absolute Gasteiger partial charge is 0.467 e. The van der Waals surface area contributed by atoms with Gasteiger partial charge in [0, 0.05) is 20.1 Å². The molecule has 2 N–H and O–H groups in total. The van der Waals surface area contributed by atoms with Crippen molar-refractivity contribution in [3.8, 4) is 0 Å². The summed E-state index contributed by atoms with van der Waals surface area (Å²) in [4.78, 5) is 22.1. The average Bonchev–Trinajstić information content (AvgIpc) is 2.24. The van der Waals surface area contributed by atoms with Gasteiger partial charge in [-0.05, 0) is 5.92 Å². The number of amides is 1. The van der Waals surface area contributed by atoms with Gasteiger partial charge in [-0.2, -0.15) is 0 Å². The topological polar surface area (TPSA) is 84.9 Å². The highest BCUT2D eigenvalue weighted by molar-refractivity contribution is 5.78. The van der Waals surface area contributed by atoms with E-state index in [1.165, 1.54) is 7.11 Å². The molecule has 0 aromatic heterocycles. The van der Waals surface area contributed by atoms with E-state index in [0.717, 1.165) is 0 Å². The molecule has 0 bridgehead atoms. The zero-order valence-electron chi connectivity index (χ0n) is 9.86. The number of aliphatic hydroxyl groups excluding tert-OH is 1. The molecular formula is C10H19NO5. The molecule has 0 aliphatic rings. The quantitative estimate of drug-likeness (QED) is 0.568. The number of carbonyl (C=O) groups is 2. The molecule has 0 saturated carbocycles. The van der Waals surface area contributed by atoms with Crippen molar-refractivity contribution in [2.45, 2.75) is 19.4 Å². The molecule has 0 spiro atoms. The monoisotopic (exact) mass is 233 g/mol. The Bertz CT molecular complexity index is 231. The van der Waals surface area contributed by atoms with Crippen molar-refractivity contribution in [3.63, 3.8) is 0 Å². The van der Waals surface area contributed by atoms with E-state index in [2.05, 4.69) is 10.1 Å². The van der Waals surface area contributed by atoms with Gasteiger partial charge in [0.2, 0.25) is 5.91 Å². The molecule has 0 aromatic carbocycles. The van der Waals surface area contributed by atoms with E-state index in [1.807, 2.05) is 6.92 Å². The molecule has 0 radical (unpaired) electrons. The number of hydrogen-bond donors (Lipinski definition) is 2. The van der Waals surface area contributed by atoms with Gasteiger partial charge in [-0.3, -0.25) is 4.79 Å². The Balaban J connectivity index is 3.76. The average molecular weight is 233 g/mol. The highest BCUT2D eigenvalue weighted by Crippen LogP contribution is 2.01. The van der Waals surface area contributed by atoms with Gasteiger partial charge >= 0.3 is 5.97 Å². The third kappa shape index (κ3) is 6.36. The van der Waals surface area contributed by atoms with Gasteiger partial charge in [0.05, 0.1) is 13.7 Å². The summed E-state index contributed by atoms with van der Waals surface area (Å²) < 4.78 is 9.19. The van der Waals surface area contributed by atoms with Crippen LogP contribution in [0.25, 0.3) is 0 Å². The normalized spacial score (nSPS) is 14.0. The fourth-order valence-corrected chi connectivity index (χ4v) is 1.16. The standard InChI is InChI=1S/C10H19NO5/c1-7(6-15-2)4-9(13)11-5-8(12)10(14)16-3/h7-8,12H,4-6H2,1-3H3,(H,11,13). The van der Waals surface area contributed by atoms with Crippen LogP contribution in [0.15, 0.2) is 0 Å². The van der Waals surface area contributed by atoms with Crippen LogP contribution < -0.4 is 5.32 Å². The zero-order chi connectivity index (χ0) is 12.6. The third-order valence-corrected chi connectivity index (χ3v) is 1.95. The molecule has 0 saturated heterocycles. The summed E-state index contributed by atoms with van der Waals surface area (Å²) in [5.74, 6) is -0.891. The second-order valence-corrected chi connectivity index (χ2v) is 3.61. The van der Waals surface area contributed by atoms with E-state index in [9.17, 15) is 14.7 Å². The van der Waals surface area contributed by atoms with Crippen LogP contribution in [-0.4, -0.2) is 50.5 Å². The van der Waals surface area contributed by atoms with Crippen molar-refractivity contribution in [1.82, 2.24) is 5.32 Å². The summed E-state index contributed by atoms with van der Waals surface area (Å²) in [6.07, 6.45) is -1.02. The molecule has 0 fully saturated rings. The molecule has 0 aliphatic carbocycles. The molecule has 94 valence electrons. The molecule has 6 heteroatoms. The Morgan fingerprint density at radius 1 is 1.38 bits per heavy atom. The molecule has 2 atom stereocenters. The van der Waals surface area contributed by atoms with E-state index in [-0.39, 0.29) is 18.4 Å². The molecule has 0 aromatic rings. The van der Waals surface area contributed by atoms with Crippen LogP contribution in [0.4, 0.5) is 0 Å². The first-order chi connectivity index (χ1) is 7.51. The van der Waals surface area contributed by atoms with Crippen LogP contribution in [0.2, 0.25) is 0 Å². The first-order valence-corrected chi connectivity index (χ1v) is 5.02. The van der Waals surface area contributed by atoms with Crippen LogP contribution in [-0.2, 0) is 19.1 Å². The predicted molar refractivity (Wildman–Crippen MR) is 56.7 cm³/mol. The number of ether oxygens (including phenoxy) is 2. The SMILES string of the molecule is COCC(C)CC(=O)NCC(O)C(=O)OC. The molecule has 16 heavy (non-hydrogen) atoms. The van der Waals surface area contributed by atoms with Crippen molar-refractivity contribution in [2.24, 2.45) is 5.92 Å². The Morgan fingerprint density at radius 3 is 2.50 bits per heavy atom. The third-order valence-electron chi connectivity index (χ3n) is 1.95. The van der Waals surface area contributed by atoms with E-state index < -0.39 is 12.1 Å². The number of nitrogens with one attached hydrogen (secondary N) is 1. The summed E-state index contributed by atoms with van der Waals surface area (Å²) in [6, 6.07) is 0. The number of esters is 1. The lowest BCUT2D eigenvalue weighted by Crippen LogP contribution is -2.37. The number of hydrogen-bond acceptors (Lipinski definition) is 5. The zero-order valence-corrected chi connectivity index (χ0v) is 9.86. The maximum atomic E-state index is 11.3. The number of aliphatic hydroxyl groups is 1. The van der Waals surface area contributed by atoms with Crippen molar-refractivity contribution < 1.29 is 24.2 Å². The van der Waals surface area contributed by atoms with Crippen LogP contribution in [0.1, 0.15) is 13.3 Å². The first kappa shape index (κ1) is 14.9. The van der Waals surface area contributed by atoms with Crippen LogP contribution >= 0.6 is 0 Å². The lowest BCUT2D eigenvalue weighted by molar-refractivity contribution is -0.150. The maximum Gasteiger partial charge on any atom is 0.336 e. The first-order valence-electron chi connectivity index (χ1n) is 5.02. The highest BCUT2D eigenvalue weighted by atomic mass is 16.5. The smallest absolute Gasteiger partial charge is 0.336 e. The second-order valence-electron chi connectivity index (χ2n) is 3.61. The Morgan fingerprint density at radius 2 is 2.00 bits per heavy atom. The van der Waals surface area contributed by atoms with E-state index in [1.54, 1.807) is 7.11 Å². The fourth-order valence-electron chi connectivity index (χ4n) is 1.16. The van der Waals surface area contributed by atoms with Crippen LogP contribution in [0, 0.1) is 5.92 Å². The Kier molecular flexibility index (Phi) is 7.49. The minimum atomic E-state index is -1.31. The second kappa shape index (κ2) is 8.06. The molecule has 6 nitrogen and oxygen atoms in total. The van der Waals surface area contributed by atoms with Gasteiger partial charge in [0.1, 0.15) is 0 Å². The summed E-state index contributed by atoms with van der Waals surface area (Å²) in [5.41, 5.74) is 0. The van der Waals surface area contributed by atoms with Gasteiger partial charge in [-0.25, -0.2) is 4.79 Å². The van der Waals surface area contributed by atoms with Gasteiger partial charge in [-0.15, -0.1) is 0 Å².